The third-order valence-electron chi connectivity index (χ3n) is 1.57. The van der Waals surface area contributed by atoms with Crippen molar-refractivity contribution in [1.29, 1.82) is 0 Å². The van der Waals surface area contributed by atoms with E-state index in [1.807, 2.05) is 0 Å². The minimum Gasteiger partial charge on any atom is -0.450 e. The van der Waals surface area contributed by atoms with Crippen LogP contribution in [0.25, 0.3) is 0 Å². The summed E-state index contributed by atoms with van der Waals surface area (Å²) in [5.41, 5.74) is 5.07. The molecule has 0 aliphatic heterocycles. The lowest BCUT2D eigenvalue weighted by molar-refractivity contribution is 0.202. The zero-order valence-corrected chi connectivity index (χ0v) is 7.64. The van der Waals surface area contributed by atoms with Crippen LogP contribution >= 0.6 is 11.6 Å². The monoisotopic (exact) mass is 189 g/mol. The van der Waals surface area contributed by atoms with Gasteiger partial charge < -0.3 is 15.3 Å². The van der Waals surface area contributed by atoms with Crippen molar-refractivity contribution in [3.05, 3.63) is 23.1 Å². The summed E-state index contributed by atoms with van der Waals surface area (Å²) in [7, 11) is 0. The van der Waals surface area contributed by atoms with E-state index in [1.54, 1.807) is 19.1 Å². The van der Waals surface area contributed by atoms with Crippen LogP contribution in [0.1, 0.15) is 12.7 Å². The van der Waals surface area contributed by atoms with Crippen LogP contribution in [-0.4, -0.2) is 17.3 Å². The number of hydrogen-bond donors (Lipinski definition) is 2. The predicted molar refractivity (Wildman–Crippen MR) is 47.1 cm³/mol. The summed E-state index contributed by atoms with van der Waals surface area (Å²) < 4.78 is 5.10. The standard InChI is InChI=1S/C8H12ClNO2/c1-8(10,5-11)4-6-2-3-7(9)12-6/h2-3,11H,4-5,10H2,1H3. The molecule has 1 unspecified atom stereocenters. The Bertz CT molecular complexity index is 257. The molecular weight excluding hydrogens is 178 g/mol. The van der Waals surface area contributed by atoms with Crippen LogP contribution < -0.4 is 5.73 Å². The molecule has 12 heavy (non-hydrogen) atoms. The molecule has 0 saturated carbocycles. The van der Waals surface area contributed by atoms with Crippen LogP contribution in [-0.2, 0) is 6.42 Å². The van der Waals surface area contributed by atoms with Gasteiger partial charge in [-0.15, -0.1) is 0 Å². The van der Waals surface area contributed by atoms with E-state index in [1.165, 1.54) is 0 Å². The fourth-order valence-corrected chi connectivity index (χ4v) is 1.06. The molecule has 0 fully saturated rings. The van der Waals surface area contributed by atoms with Gasteiger partial charge in [-0.25, -0.2) is 0 Å². The number of aliphatic hydroxyl groups is 1. The lowest BCUT2D eigenvalue weighted by Gasteiger charge is -2.19. The van der Waals surface area contributed by atoms with Gasteiger partial charge in [-0.1, -0.05) is 0 Å². The van der Waals surface area contributed by atoms with Gasteiger partial charge in [-0.05, 0) is 30.7 Å². The molecule has 1 rings (SSSR count). The molecule has 68 valence electrons. The van der Waals surface area contributed by atoms with Crippen LogP contribution in [0.15, 0.2) is 16.5 Å². The van der Waals surface area contributed by atoms with Gasteiger partial charge in [0.1, 0.15) is 5.76 Å². The van der Waals surface area contributed by atoms with Gasteiger partial charge in [0.15, 0.2) is 5.22 Å². The van der Waals surface area contributed by atoms with Crippen molar-refractivity contribution in [2.45, 2.75) is 18.9 Å². The minimum absolute atomic E-state index is 0.0781. The highest BCUT2D eigenvalue weighted by atomic mass is 35.5. The van der Waals surface area contributed by atoms with Crippen molar-refractivity contribution in [3.8, 4) is 0 Å². The molecule has 1 aromatic heterocycles. The summed E-state index contributed by atoms with van der Waals surface area (Å²) in [6, 6.07) is 3.41. The van der Waals surface area contributed by atoms with E-state index in [9.17, 15) is 0 Å². The number of hydrogen-bond acceptors (Lipinski definition) is 3. The maximum atomic E-state index is 8.86. The Morgan fingerprint density at radius 1 is 1.67 bits per heavy atom. The Labute approximate surface area is 76.1 Å². The molecule has 3 nitrogen and oxygen atoms in total. The normalized spacial score (nSPS) is 16.0. The van der Waals surface area contributed by atoms with E-state index in [4.69, 9.17) is 26.9 Å². The highest BCUT2D eigenvalue weighted by molar-refractivity contribution is 6.28. The number of halogens is 1. The van der Waals surface area contributed by atoms with Gasteiger partial charge in [0.25, 0.3) is 0 Å². The summed E-state index contributed by atoms with van der Waals surface area (Å²) in [5, 5.41) is 9.21. The molecule has 4 heteroatoms. The van der Waals surface area contributed by atoms with E-state index in [-0.39, 0.29) is 6.61 Å². The summed E-state index contributed by atoms with van der Waals surface area (Å²) in [6.45, 7) is 1.68. The van der Waals surface area contributed by atoms with Gasteiger partial charge in [0, 0.05) is 12.0 Å². The molecule has 1 aromatic rings. The molecule has 0 aliphatic carbocycles. The fourth-order valence-electron chi connectivity index (χ4n) is 0.901. The second-order valence-corrected chi connectivity index (χ2v) is 3.57. The number of aliphatic hydroxyl groups excluding tert-OH is 1. The van der Waals surface area contributed by atoms with E-state index in [2.05, 4.69) is 0 Å². The first-order chi connectivity index (χ1) is 5.53. The second kappa shape index (κ2) is 3.47. The minimum atomic E-state index is -0.638. The third kappa shape index (κ3) is 2.52. The highest BCUT2D eigenvalue weighted by Crippen LogP contribution is 2.17. The average molecular weight is 190 g/mol. The Hall–Kier alpha value is -0.510. The summed E-state index contributed by atoms with van der Waals surface area (Å²) in [6.07, 6.45) is 0.482. The van der Waals surface area contributed by atoms with Crippen LogP contribution in [0.3, 0.4) is 0 Å². The van der Waals surface area contributed by atoms with Crippen molar-refractivity contribution in [2.75, 3.05) is 6.61 Å². The maximum absolute atomic E-state index is 8.86. The zero-order valence-electron chi connectivity index (χ0n) is 6.88. The number of furan rings is 1. The van der Waals surface area contributed by atoms with E-state index in [0.717, 1.165) is 0 Å². The van der Waals surface area contributed by atoms with Crippen LogP contribution in [0.2, 0.25) is 5.22 Å². The second-order valence-electron chi connectivity index (χ2n) is 3.19. The highest BCUT2D eigenvalue weighted by Gasteiger charge is 2.19. The third-order valence-corrected chi connectivity index (χ3v) is 1.77. The largest absolute Gasteiger partial charge is 0.450 e. The molecule has 0 aromatic carbocycles. The van der Waals surface area contributed by atoms with E-state index >= 15 is 0 Å². The SMILES string of the molecule is CC(N)(CO)Cc1ccc(Cl)o1. The Morgan fingerprint density at radius 2 is 2.33 bits per heavy atom. The summed E-state index contributed by atoms with van der Waals surface area (Å²) in [4.78, 5) is 0. The van der Waals surface area contributed by atoms with Crippen molar-refractivity contribution in [2.24, 2.45) is 5.73 Å². The predicted octanol–water partition coefficient (Wildman–Crippen LogP) is 1.19. The first-order valence-electron chi connectivity index (χ1n) is 3.67. The summed E-state index contributed by atoms with van der Waals surface area (Å²) in [5.74, 6) is 0.694. The molecular formula is C8H12ClNO2. The lowest BCUT2D eigenvalue weighted by Crippen LogP contribution is -2.42. The lowest BCUT2D eigenvalue weighted by atomic mass is 9.99. The molecule has 0 aliphatic rings. The molecule has 1 heterocycles. The van der Waals surface area contributed by atoms with Gasteiger partial charge in [0.05, 0.1) is 6.61 Å². The molecule has 3 N–H and O–H groups in total. The van der Waals surface area contributed by atoms with Crippen LogP contribution in [0, 0.1) is 0 Å². The Balaban J connectivity index is 2.63. The van der Waals surface area contributed by atoms with Crippen LogP contribution in [0.4, 0.5) is 0 Å². The summed E-state index contributed by atoms with van der Waals surface area (Å²) >= 11 is 5.56. The molecule has 0 amide bonds. The van der Waals surface area contributed by atoms with Crippen molar-refractivity contribution in [3.63, 3.8) is 0 Å². The molecule has 0 bridgehead atoms. The van der Waals surface area contributed by atoms with Gasteiger partial charge in [0.2, 0.25) is 0 Å². The number of nitrogens with two attached hydrogens (primary N) is 1. The fraction of sp³-hybridized carbons (Fsp3) is 0.500. The van der Waals surface area contributed by atoms with Gasteiger partial charge in [-0.3, -0.25) is 0 Å². The molecule has 1 atom stereocenters. The average Bonchev–Trinajstić information content (AvgIpc) is 2.35. The smallest absolute Gasteiger partial charge is 0.193 e. The number of rotatable bonds is 3. The van der Waals surface area contributed by atoms with Crippen molar-refractivity contribution >= 4 is 11.6 Å². The van der Waals surface area contributed by atoms with E-state index < -0.39 is 5.54 Å². The van der Waals surface area contributed by atoms with Gasteiger partial charge in [-0.2, -0.15) is 0 Å². The van der Waals surface area contributed by atoms with Crippen molar-refractivity contribution in [1.82, 2.24) is 0 Å². The molecule has 0 spiro atoms. The van der Waals surface area contributed by atoms with Crippen LogP contribution in [0.5, 0.6) is 0 Å². The Kier molecular flexibility index (Phi) is 2.77. The first kappa shape index (κ1) is 9.58. The van der Waals surface area contributed by atoms with E-state index in [0.29, 0.717) is 17.4 Å². The quantitative estimate of drug-likeness (QED) is 0.751. The Morgan fingerprint density at radius 3 is 2.75 bits per heavy atom. The molecule has 0 radical (unpaired) electrons. The van der Waals surface area contributed by atoms with Gasteiger partial charge >= 0.3 is 0 Å². The van der Waals surface area contributed by atoms with Crippen molar-refractivity contribution < 1.29 is 9.52 Å². The maximum Gasteiger partial charge on any atom is 0.193 e. The zero-order chi connectivity index (χ0) is 9.19. The first-order valence-corrected chi connectivity index (χ1v) is 4.05. The molecule has 0 saturated heterocycles. The topological polar surface area (TPSA) is 59.4 Å².